The number of hydrogen-bond donors (Lipinski definition) is 3. The van der Waals surface area contributed by atoms with E-state index in [1.165, 1.54) is 0 Å². The van der Waals surface area contributed by atoms with Gasteiger partial charge in [-0.2, -0.15) is 0 Å². The quantitative estimate of drug-likeness (QED) is 0.490. The van der Waals surface area contributed by atoms with Crippen LogP contribution in [-0.4, -0.2) is 18.5 Å². The monoisotopic (exact) mass is 159 g/mol. The Morgan fingerprint density at radius 3 is 2.18 bits per heavy atom. The zero-order chi connectivity index (χ0) is 9.07. The van der Waals surface area contributed by atoms with Crippen LogP contribution in [0, 0.1) is 5.41 Å². The molecule has 0 aliphatic heterocycles. The lowest BCUT2D eigenvalue weighted by Gasteiger charge is -2.19. The predicted molar refractivity (Wildman–Crippen MR) is 40.6 cm³/mol. The Morgan fingerprint density at radius 1 is 1.45 bits per heavy atom. The number of nitrogens with one attached hydrogen (secondary N) is 1. The molecule has 0 radical (unpaired) electrons. The summed E-state index contributed by atoms with van der Waals surface area (Å²) in [5, 5.41) is 1.95. The van der Waals surface area contributed by atoms with E-state index in [-0.39, 0.29) is 6.54 Å². The molecule has 0 unspecified atom stereocenters. The summed E-state index contributed by atoms with van der Waals surface area (Å²) in [5.74, 6) is -0.451. The summed E-state index contributed by atoms with van der Waals surface area (Å²) in [4.78, 5) is 21.2. The highest BCUT2D eigenvalue weighted by molar-refractivity contribution is 5.96. The van der Waals surface area contributed by atoms with E-state index in [4.69, 9.17) is 11.5 Å². The molecule has 64 valence electrons. The average molecular weight is 159 g/mol. The van der Waals surface area contributed by atoms with Crippen molar-refractivity contribution in [2.24, 2.45) is 16.9 Å². The highest BCUT2D eigenvalue weighted by atomic mass is 16.2. The van der Waals surface area contributed by atoms with Crippen LogP contribution in [0.25, 0.3) is 0 Å². The van der Waals surface area contributed by atoms with E-state index in [1.807, 2.05) is 5.32 Å². The van der Waals surface area contributed by atoms with Gasteiger partial charge >= 0.3 is 6.03 Å². The lowest BCUT2D eigenvalue weighted by Crippen LogP contribution is -2.46. The predicted octanol–water partition coefficient (Wildman–Crippen LogP) is -0.834. The zero-order valence-corrected chi connectivity index (χ0v) is 6.68. The Labute approximate surface area is 65.1 Å². The van der Waals surface area contributed by atoms with Crippen molar-refractivity contribution >= 4 is 11.9 Å². The summed E-state index contributed by atoms with van der Waals surface area (Å²) in [6, 6.07) is -0.850. The highest BCUT2D eigenvalue weighted by Crippen LogP contribution is 2.11. The minimum Gasteiger partial charge on any atom is -0.351 e. The van der Waals surface area contributed by atoms with Gasteiger partial charge in [0.05, 0.1) is 5.41 Å². The van der Waals surface area contributed by atoms with Crippen molar-refractivity contribution < 1.29 is 9.59 Å². The zero-order valence-electron chi connectivity index (χ0n) is 6.68. The molecule has 0 heterocycles. The van der Waals surface area contributed by atoms with Gasteiger partial charge in [0.15, 0.2) is 0 Å². The van der Waals surface area contributed by atoms with Crippen LogP contribution >= 0.6 is 0 Å². The van der Waals surface area contributed by atoms with Crippen LogP contribution in [0.5, 0.6) is 0 Å². The highest BCUT2D eigenvalue weighted by Gasteiger charge is 2.26. The van der Waals surface area contributed by atoms with Crippen LogP contribution in [0.2, 0.25) is 0 Å². The van der Waals surface area contributed by atoms with E-state index in [0.29, 0.717) is 0 Å². The molecule has 0 saturated heterocycles. The second-order valence-corrected chi connectivity index (χ2v) is 2.91. The van der Waals surface area contributed by atoms with Gasteiger partial charge in [0.25, 0.3) is 0 Å². The fourth-order valence-electron chi connectivity index (χ4n) is 0.374. The molecule has 11 heavy (non-hydrogen) atoms. The third-order valence-electron chi connectivity index (χ3n) is 1.36. The molecule has 0 saturated carbocycles. The summed E-state index contributed by atoms with van der Waals surface area (Å²) in [6.45, 7) is 3.43. The molecule has 5 nitrogen and oxygen atoms in total. The summed E-state index contributed by atoms with van der Waals surface area (Å²) >= 11 is 0. The van der Waals surface area contributed by atoms with Gasteiger partial charge in [-0.3, -0.25) is 10.1 Å². The third-order valence-corrected chi connectivity index (χ3v) is 1.36. The summed E-state index contributed by atoms with van der Waals surface area (Å²) < 4.78 is 0. The molecular weight excluding hydrogens is 146 g/mol. The Hall–Kier alpha value is -1.10. The summed E-state index contributed by atoms with van der Waals surface area (Å²) in [7, 11) is 0. The first-order valence-corrected chi connectivity index (χ1v) is 3.21. The molecule has 0 fully saturated rings. The van der Waals surface area contributed by atoms with Crippen LogP contribution in [0.3, 0.4) is 0 Å². The number of nitrogens with two attached hydrogens (primary N) is 2. The standard InChI is InChI=1S/C6H13N3O2/c1-6(2,3-7)4(10)9-5(8)11/h3,7H2,1-2H3,(H3,8,9,10,11). The number of rotatable bonds is 2. The van der Waals surface area contributed by atoms with E-state index in [0.717, 1.165) is 0 Å². The van der Waals surface area contributed by atoms with Crippen molar-refractivity contribution in [3.63, 3.8) is 0 Å². The molecule has 0 aliphatic carbocycles. The molecule has 0 aromatic rings. The Morgan fingerprint density at radius 2 is 1.91 bits per heavy atom. The molecule has 5 N–H and O–H groups in total. The number of carbonyl (C=O) groups excluding carboxylic acids is 2. The number of carbonyl (C=O) groups is 2. The second-order valence-electron chi connectivity index (χ2n) is 2.91. The lowest BCUT2D eigenvalue weighted by molar-refractivity contribution is -0.127. The Bertz CT molecular complexity index is 177. The number of primary amides is 1. The van der Waals surface area contributed by atoms with Crippen LogP contribution in [0.1, 0.15) is 13.8 Å². The van der Waals surface area contributed by atoms with Gasteiger partial charge in [-0.05, 0) is 13.8 Å². The molecule has 0 aromatic heterocycles. The van der Waals surface area contributed by atoms with E-state index in [9.17, 15) is 9.59 Å². The van der Waals surface area contributed by atoms with Crippen molar-refractivity contribution in [2.45, 2.75) is 13.8 Å². The third kappa shape index (κ3) is 2.99. The molecule has 0 spiro atoms. The van der Waals surface area contributed by atoms with Crippen LogP contribution in [0.15, 0.2) is 0 Å². The van der Waals surface area contributed by atoms with Crippen molar-refractivity contribution in [2.75, 3.05) is 6.54 Å². The van der Waals surface area contributed by atoms with Crippen molar-refractivity contribution in [1.82, 2.24) is 5.32 Å². The molecule has 3 amide bonds. The fourth-order valence-corrected chi connectivity index (χ4v) is 0.374. The topological polar surface area (TPSA) is 98.2 Å². The first-order chi connectivity index (χ1) is 4.90. The van der Waals surface area contributed by atoms with E-state index < -0.39 is 17.4 Å². The minimum absolute atomic E-state index is 0.173. The molecule has 0 bridgehead atoms. The van der Waals surface area contributed by atoms with Crippen molar-refractivity contribution in [1.29, 1.82) is 0 Å². The smallest absolute Gasteiger partial charge is 0.318 e. The lowest BCUT2D eigenvalue weighted by atomic mass is 9.93. The molecule has 0 atom stereocenters. The van der Waals surface area contributed by atoms with Gasteiger partial charge in [-0.1, -0.05) is 0 Å². The first-order valence-electron chi connectivity index (χ1n) is 3.21. The second kappa shape index (κ2) is 3.34. The van der Waals surface area contributed by atoms with Gasteiger partial charge < -0.3 is 11.5 Å². The number of imide groups is 1. The van der Waals surface area contributed by atoms with Crippen LogP contribution in [0.4, 0.5) is 4.79 Å². The largest absolute Gasteiger partial charge is 0.351 e. The number of urea groups is 1. The molecule has 5 heteroatoms. The SMILES string of the molecule is CC(C)(CN)C(=O)NC(N)=O. The maximum absolute atomic E-state index is 11.0. The van der Waals surface area contributed by atoms with Gasteiger partial charge in [-0.25, -0.2) is 4.79 Å². The van der Waals surface area contributed by atoms with E-state index in [1.54, 1.807) is 13.8 Å². The maximum atomic E-state index is 11.0. The first kappa shape index (κ1) is 9.90. The van der Waals surface area contributed by atoms with Crippen molar-refractivity contribution in [3.05, 3.63) is 0 Å². The van der Waals surface area contributed by atoms with E-state index >= 15 is 0 Å². The normalized spacial score (nSPS) is 10.8. The van der Waals surface area contributed by atoms with Gasteiger partial charge in [0.1, 0.15) is 0 Å². The maximum Gasteiger partial charge on any atom is 0.318 e. The summed E-state index contributed by atoms with van der Waals surface area (Å²) in [6.07, 6.45) is 0. The molecular formula is C6H13N3O2. The minimum atomic E-state index is -0.850. The molecule has 0 rings (SSSR count). The molecule has 0 aromatic carbocycles. The van der Waals surface area contributed by atoms with Gasteiger partial charge in [0.2, 0.25) is 5.91 Å². The van der Waals surface area contributed by atoms with Gasteiger partial charge in [0, 0.05) is 6.54 Å². The molecule has 0 aliphatic rings. The Kier molecular flexibility index (Phi) is 3.00. The fraction of sp³-hybridized carbons (Fsp3) is 0.667. The number of hydrogen-bond acceptors (Lipinski definition) is 3. The van der Waals surface area contributed by atoms with Crippen molar-refractivity contribution in [3.8, 4) is 0 Å². The number of amides is 3. The average Bonchev–Trinajstić information content (AvgIpc) is 1.86. The Balaban J connectivity index is 4.13. The summed E-state index contributed by atoms with van der Waals surface area (Å²) in [5.41, 5.74) is 9.26. The van der Waals surface area contributed by atoms with Gasteiger partial charge in [-0.15, -0.1) is 0 Å². The van der Waals surface area contributed by atoms with E-state index in [2.05, 4.69) is 0 Å². The van der Waals surface area contributed by atoms with Crippen LogP contribution in [-0.2, 0) is 4.79 Å². The van der Waals surface area contributed by atoms with Crippen LogP contribution < -0.4 is 16.8 Å².